The molecule has 0 N–H and O–H groups in total. The van der Waals surface area contributed by atoms with Gasteiger partial charge in [-0.05, 0) is 23.8 Å². The molecule has 1 unspecified atom stereocenters. The maximum atomic E-state index is 12.8. The molecule has 4 rings (SSSR count). The number of benzene rings is 2. The Hall–Kier alpha value is -2.71. The molecule has 2 aliphatic heterocycles. The van der Waals surface area contributed by atoms with E-state index in [0.717, 1.165) is 5.56 Å². The summed E-state index contributed by atoms with van der Waals surface area (Å²) >= 11 is 0. The van der Waals surface area contributed by atoms with E-state index in [0.29, 0.717) is 12.0 Å². The third kappa shape index (κ3) is 3.41. The number of nitrogens with zero attached hydrogens (tertiary/aromatic N) is 2. The third-order valence-corrected chi connectivity index (χ3v) is 7.01. The predicted octanol–water partition coefficient (Wildman–Crippen LogP) is 1.30. The van der Waals surface area contributed by atoms with Crippen molar-refractivity contribution in [3.63, 3.8) is 0 Å². The number of fused-ring (bicyclic) bond motifs is 1. The summed E-state index contributed by atoms with van der Waals surface area (Å²) in [7, 11) is -3.57. The van der Waals surface area contributed by atoms with Crippen molar-refractivity contribution in [2.24, 2.45) is 0 Å². The van der Waals surface area contributed by atoms with Gasteiger partial charge in [-0.3, -0.25) is 4.79 Å². The number of amides is 1. The molecule has 2 aromatic rings. The van der Waals surface area contributed by atoms with Gasteiger partial charge in [-0.1, -0.05) is 36.4 Å². The Bertz CT molecular complexity index is 998. The van der Waals surface area contributed by atoms with Crippen LogP contribution in [0.15, 0.2) is 59.5 Å². The van der Waals surface area contributed by atoms with E-state index in [-0.39, 0.29) is 37.0 Å². The molecular weight excluding hydrogens is 380 g/mol. The maximum absolute atomic E-state index is 12.8. The molecule has 8 heteroatoms. The zero-order chi connectivity index (χ0) is 19.7. The Morgan fingerprint density at radius 1 is 0.929 bits per heavy atom. The molecule has 2 aliphatic rings. The molecule has 1 fully saturated rings. The second-order valence-corrected chi connectivity index (χ2v) is 8.74. The first-order valence-electron chi connectivity index (χ1n) is 9.10. The van der Waals surface area contributed by atoms with Gasteiger partial charge in [-0.15, -0.1) is 0 Å². The van der Waals surface area contributed by atoms with Crippen LogP contribution in [0.5, 0.6) is 0 Å². The first kappa shape index (κ1) is 18.6. The highest BCUT2D eigenvalue weighted by molar-refractivity contribution is 7.89. The number of ether oxygens (including phenoxy) is 1. The maximum Gasteiger partial charge on any atom is 0.339 e. The summed E-state index contributed by atoms with van der Waals surface area (Å²) < 4.78 is 32.1. The van der Waals surface area contributed by atoms with E-state index in [1.54, 1.807) is 47.4 Å². The van der Waals surface area contributed by atoms with E-state index in [1.165, 1.54) is 4.31 Å². The quantitative estimate of drug-likeness (QED) is 0.726. The Morgan fingerprint density at radius 2 is 1.57 bits per heavy atom. The van der Waals surface area contributed by atoms with Crippen LogP contribution in [0.2, 0.25) is 0 Å². The van der Waals surface area contributed by atoms with Gasteiger partial charge in [0.1, 0.15) is 0 Å². The fourth-order valence-electron chi connectivity index (χ4n) is 3.56. The number of piperazine rings is 1. The monoisotopic (exact) mass is 400 g/mol. The zero-order valence-corrected chi connectivity index (χ0v) is 16.0. The highest BCUT2D eigenvalue weighted by Gasteiger charge is 2.36. The van der Waals surface area contributed by atoms with E-state index in [4.69, 9.17) is 4.74 Å². The molecule has 1 atom stereocenters. The Labute approximate surface area is 163 Å². The number of esters is 1. The number of rotatable bonds is 3. The lowest BCUT2D eigenvalue weighted by Gasteiger charge is -2.36. The summed E-state index contributed by atoms with van der Waals surface area (Å²) in [5.74, 6) is -0.773. The lowest BCUT2D eigenvalue weighted by molar-refractivity contribution is -0.142. The summed E-state index contributed by atoms with van der Waals surface area (Å²) in [4.78, 5) is 26.8. The largest absolute Gasteiger partial charge is 0.448 e. The normalized spacial score (nSPS) is 20.4. The second kappa shape index (κ2) is 7.37. The minimum Gasteiger partial charge on any atom is -0.448 e. The smallest absolute Gasteiger partial charge is 0.339 e. The van der Waals surface area contributed by atoms with Crippen LogP contribution in [-0.4, -0.2) is 61.8 Å². The van der Waals surface area contributed by atoms with Crippen LogP contribution in [0, 0.1) is 0 Å². The molecule has 28 heavy (non-hydrogen) atoms. The Morgan fingerprint density at radius 3 is 2.29 bits per heavy atom. The number of hydrogen-bond donors (Lipinski definition) is 0. The number of carbonyl (C=O) groups excluding carboxylic acids is 2. The van der Waals surface area contributed by atoms with E-state index in [1.807, 2.05) is 12.1 Å². The van der Waals surface area contributed by atoms with Gasteiger partial charge in [-0.2, -0.15) is 4.31 Å². The summed E-state index contributed by atoms with van der Waals surface area (Å²) in [6.07, 6.45) is -0.525. The molecule has 0 saturated carbocycles. The lowest BCUT2D eigenvalue weighted by Crippen LogP contribution is -2.54. The van der Waals surface area contributed by atoms with Gasteiger partial charge in [0.25, 0.3) is 5.91 Å². The third-order valence-electron chi connectivity index (χ3n) is 5.10. The van der Waals surface area contributed by atoms with Crippen LogP contribution >= 0.6 is 0 Å². The van der Waals surface area contributed by atoms with Crippen LogP contribution < -0.4 is 0 Å². The van der Waals surface area contributed by atoms with Gasteiger partial charge in [0.15, 0.2) is 6.10 Å². The fourth-order valence-corrected chi connectivity index (χ4v) is 5.01. The van der Waals surface area contributed by atoms with Crippen molar-refractivity contribution in [2.45, 2.75) is 17.4 Å². The Balaban J connectivity index is 1.42. The minimum atomic E-state index is -3.57. The van der Waals surface area contributed by atoms with Gasteiger partial charge in [0.05, 0.1) is 10.5 Å². The number of hydrogen-bond acceptors (Lipinski definition) is 5. The van der Waals surface area contributed by atoms with Crippen LogP contribution in [0.3, 0.4) is 0 Å². The summed E-state index contributed by atoms with van der Waals surface area (Å²) in [5.41, 5.74) is 1.28. The van der Waals surface area contributed by atoms with E-state index in [2.05, 4.69) is 0 Å². The average Bonchev–Trinajstić information content (AvgIpc) is 2.74. The summed E-state index contributed by atoms with van der Waals surface area (Å²) in [6, 6.07) is 15.3. The van der Waals surface area contributed by atoms with Gasteiger partial charge in [0, 0.05) is 32.6 Å². The van der Waals surface area contributed by atoms with E-state index in [9.17, 15) is 18.0 Å². The fraction of sp³-hybridized carbons (Fsp3) is 0.300. The van der Waals surface area contributed by atoms with Gasteiger partial charge >= 0.3 is 5.97 Å². The molecule has 0 aliphatic carbocycles. The first-order valence-corrected chi connectivity index (χ1v) is 10.5. The summed E-state index contributed by atoms with van der Waals surface area (Å²) in [5, 5.41) is 0. The van der Waals surface area contributed by atoms with E-state index >= 15 is 0 Å². The van der Waals surface area contributed by atoms with Crippen LogP contribution in [0.4, 0.5) is 0 Å². The number of sulfonamides is 1. The van der Waals surface area contributed by atoms with Gasteiger partial charge in [-0.25, -0.2) is 13.2 Å². The molecule has 1 amide bonds. The van der Waals surface area contributed by atoms with Crippen molar-refractivity contribution in [3.8, 4) is 0 Å². The number of cyclic esters (lactones) is 1. The molecule has 1 saturated heterocycles. The SMILES string of the molecule is O=C1OC(C(=O)N2CCN(S(=O)(=O)c3ccccc3)CC2)Cc2ccccc21. The summed E-state index contributed by atoms with van der Waals surface area (Å²) in [6.45, 7) is 0.946. The molecule has 2 heterocycles. The minimum absolute atomic E-state index is 0.209. The van der Waals surface area contributed by atoms with Crippen LogP contribution in [-0.2, 0) is 26.0 Å². The first-order chi connectivity index (χ1) is 13.5. The van der Waals surface area contributed by atoms with Crippen molar-refractivity contribution < 1.29 is 22.7 Å². The highest BCUT2D eigenvalue weighted by Crippen LogP contribution is 2.23. The van der Waals surface area contributed by atoms with Crippen LogP contribution in [0.25, 0.3) is 0 Å². The molecular formula is C20H20N2O5S. The standard InChI is InChI=1S/C20H20N2O5S/c23-19(18-14-15-6-4-5-9-17(15)20(24)27-18)21-10-12-22(13-11-21)28(25,26)16-7-2-1-3-8-16/h1-9,18H,10-14H2. The van der Waals surface area contributed by atoms with E-state index < -0.39 is 22.1 Å². The van der Waals surface area contributed by atoms with Crippen LogP contribution in [0.1, 0.15) is 15.9 Å². The Kier molecular flexibility index (Phi) is 4.91. The van der Waals surface area contributed by atoms with Crippen molar-refractivity contribution in [2.75, 3.05) is 26.2 Å². The zero-order valence-electron chi connectivity index (χ0n) is 15.2. The second-order valence-electron chi connectivity index (χ2n) is 6.80. The molecule has 0 bridgehead atoms. The molecule has 0 spiro atoms. The van der Waals surface area contributed by atoms with Crippen molar-refractivity contribution in [3.05, 3.63) is 65.7 Å². The molecule has 146 valence electrons. The van der Waals surface area contributed by atoms with Gasteiger partial charge in [0.2, 0.25) is 10.0 Å². The molecule has 0 aromatic heterocycles. The molecule has 7 nitrogen and oxygen atoms in total. The molecule has 2 aromatic carbocycles. The number of carbonyl (C=O) groups is 2. The van der Waals surface area contributed by atoms with Crippen molar-refractivity contribution in [1.29, 1.82) is 0 Å². The lowest BCUT2D eigenvalue weighted by atomic mass is 9.98. The average molecular weight is 400 g/mol. The van der Waals surface area contributed by atoms with Gasteiger partial charge < -0.3 is 9.64 Å². The highest BCUT2D eigenvalue weighted by atomic mass is 32.2. The predicted molar refractivity (Wildman–Crippen MR) is 101 cm³/mol. The topological polar surface area (TPSA) is 84.0 Å². The molecule has 0 radical (unpaired) electrons. The van der Waals surface area contributed by atoms with Crippen molar-refractivity contribution >= 4 is 21.9 Å². The van der Waals surface area contributed by atoms with Crippen molar-refractivity contribution in [1.82, 2.24) is 9.21 Å².